The molecule has 3 heterocycles. The van der Waals surface area contributed by atoms with E-state index in [0.717, 1.165) is 35.4 Å². The largest absolute Gasteiger partial charge is 0.416 e. The van der Waals surface area contributed by atoms with Crippen molar-refractivity contribution in [1.29, 1.82) is 0 Å². The molecule has 1 saturated carbocycles. The molecule has 1 saturated heterocycles. The number of halogens is 3. The van der Waals surface area contributed by atoms with E-state index < -0.39 is 27.5 Å². The number of aromatic nitrogens is 3. The average molecular weight is 481 g/mol. The average Bonchev–Trinajstić information content (AvgIpc) is 3.17. The van der Waals surface area contributed by atoms with Crippen LogP contribution in [0.4, 0.5) is 19.0 Å². The van der Waals surface area contributed by atoms with Crippen molar-refractivity contribution in [1.82, 2.24) is 24.0 Å². The molecule has 176 valence electrons. The van der Waals surface area contributed by atoms with E-state index >= 15 is 0 Å². The van der Waals surface area contributed by atoms with E-state index in [1.54, 1.807) is 6.20 Å². The molecule has 2 fully saturated rings. The Morgan fingerprint density at radius 2 is 1.91 bits per heavy atom. The summed E-state index contributed by atoms with van der Waals surface area (Å²) in [4.78, 5) is 13.8. The summed E-state index contributed by atoms with van der Waals surface area (Å²) in [6, 6.07) is 6.39. The van der Waals surface area contributed by atoms with Crippen LogP contribution >= 0.6 is 0 Å². The van der Waals surface area contributed by atoms with E-state index in [2.05, 4.69) is 24.6 Å². The summed E-state index contributed by atoms with van der Waals surface area (Å²) in [6.45, 7) is 3.19. The smallest absolute Gasteiger partial charge is 0.353 e. The number of anilines is 1. The first-order valence-electron chi connectivity index (χ1n) is 10.6. The zero-order valence-electron chi connectivity index (χ0n) is 17.8. The van der Waals surface area contributed by atoms with E-state index in [4.69, 9.17) is 0 Å². The topological polar surface area (TPSA) is 94.2 Å². The number of nitrogens with zero attached hydrogens (tertiary/aromatic N) is 4. The second-order valence-electron chi connectivity index (χ2n) is 8.66. The summed E-state index contributed by atoms with van der Waals surface area (Å²) < 4.78 is 68.7. The van der Waals surface area contributed by atoms with Crippen LogP contribution in [0.3, 0.4) is 0 Å². The number of nitrogens with one attached hydrogen (secondary N) is 2. The van der Waals surface area contributed by atoms with Crippen LogP contribution in [0.5, 0.6) is 0 Å². The maximum absolute atomic E-state index is 13.2. The Hall–Kier alpha value is -2.70. The van der Waals surface area contributed by atoms with Gasteiger partial charge in [-0.25, -0.2) is 9.97 Å². The fourth-order valence-corrected chi connectivity index (χ4v) is 6.29. The normalized spacial score (nSPS) is 24.0. The molecule has 1 spiro atoms. The number of hydrogen-bond donors (Lipinski definition) is 2. The van der Waals surface area contributed by atoms with Crippen LogP contribution in [0, 0.1) is 5.92 Å². The highest BCUT2D eigenvalue weighted by Crippen LogP contribution is 2.51. The Labute approximate surface area is 189 Å². The van der Waals surface area contributed by atoms with Crippen LogP contribution in [0.25, 0.3) is 11.0 Å². The van der Waals surface area contributed by atoms with Crippen molar-refractivity contribution >= 4 is 27.1 Å². The van der Waals surface area contributed by atoms with Crippen LogP contribution in [0.2, 0.25) is 0 Å². The van der Waals surface area contributed by atoms with E-state index in [1.807, 2.05) is 13.0 Å². The molecule has 1 aromatic carbocycles. The fourth-order valence-electron chi connectivity index (χ4n) is 4.68. The Bertz CT molecular complexity index is 1280. The first kappa shape index (κ1) is 22.1. The summed E-state index contributed by atoms with van der Waals surface area (Å²) in [6.07, 6.45) is -0.413. The Morgan fingerprint density at radius 1 is 1.18 bits per heavy atom. The molecule has 2 unspecified atom stereocenters. The molecule has 2 atom stereocenters. The van der Waals surface area contributed by atoms with Gasteiger partial charge in [0.05, 0.1) is 16.5 Å². The maximum atomic E-state index is 13.2. The molecule has 3 aromatic rings. The van der Waals surface area contributed by atoms with Gasteiger partial charge in [0, 0.05) is 32.4 Å². The Morgan fingerprint density at radius 3 is 2.58 bits per heavy atom. The molecule has 0 bridgehead atoms. The van der Waals surface area contributed by atoms with Gasteiger partial charge in [-0.3, -0.25) is 0 Å². The molecule has 2 aromatic heterocycles. The molecular weight excluding hydrogens is 457 g/mol. The van der Waals surface area contributed by atoms with Crippen molar-refractivity contribution in [3.05, 3.63) is 54.0 Å². The zero-order chi connectivity index (χ0) is 23.4. The molecule has 0 radical (unpaired) electrons. The number of rotatable bonds is 5. The second kappa shape index (κ2) is 7.67. The summed E-state index contributed by atoms with van der Waals surface area (Å²) in [5, 5.41) is 0.887. The van der Waals surface area contributed by atoms with Gasteiger partial charge < -0.3 is 9.88 Å². The SMILES string of the molecule is CC1CC12CN(c1ncnc3[nH]ccc13)CCN2S(=O)(=O)NCc1ccc(C(F)(F)F)cc1. The van der Waals surface area contributed by atoms with Crippen molar-refractivity contribution in [2.24, 2.45) is 5.92 Å². The summed E-state index contributed by atoms with van der Waals surface area (Å²) in [5.74, 6) is 0.945. The van der Waals surface area contributed by atoms with Gasteiger partial charge in [-0.2, -0.15) is 30.6 Å². The van der Waals surface area contributed by atoms with Crippen LogP contribution < -0.4 is 9.62 Å². The molecule has 12 heteroatoms. The molecule has 5 rings (SSSR count). The quantitative estimate of drug-likeness (QED) is 0.586. The highest BCUT2D eigenvalue weighted by molar-refractivity contribution is 7.87. The molecule has 1 aliphatic carbocycles. The number of hydrogen-bond acceptors (Lipinski definition) is 5. The molecule has 0 amide bonds. The lowest BCUT2D eigenvalue weighted by Crippen LogP contribution is -2.60. The van der Waals surface area contributed by atoms with Gasteiger partial charge >= 0.3 is 6.18 Å². The highest BCUT2D eigenvalue weighted by Gasteiger charge is 2.61. The van der Waals surface area contributed by atoms with E-state index in [0.29, 0.717) is 18.7 Å². The molecular formula is C21H23F3N6O2S. The number of piperazine rings is 1. The number of benzene rings is 1. The van der Waals surface area contributed by atoms with E-state index in [9.17, 15) is 21.6 Å². The lowest BCUT2D eigenvalue weighted by Gasteiger charge is -2.42. The first-order chi connectivity index (χ1) is 15.6. The molecule has 2 aliphatic rings. The van der Waals surface area contributed by atoms with Crippen molar-refractivity contribution in [2.75, 3.05) is 24.5 Å². The Kier molecular flexibility index (Phi) is 5.14. The monoisotopic (exact) mass is 480 g/mol. The van der Waals surface area contributed by atoms with E-state index in [1.165, 1.54) is 22.8 Å². The number of alkyl halides is 3. The minimum atomic E-state index is -4.43. The number of fused-ring (bicyclic) bond motifs is 1. The van der Waals surface area contributed by atoms with Gasteiger partial charge in [0.25, 0.3) is 10.2 Å². The van der Waals surface area contributed by atoms with Gasteiger partial charge in [-0.1, -0.05) is 19.1 Å². The van der Waals surface area contributed by atoms with Crippen molar-refractivity contribution in [2.45, 2.75) is 31.6 Å². The molecule has 2 N–H and O–H groups in total. The maximum Gasteiger partial charge on any atom is 0.416 e. The predicted octanol–water partition coefficient (Wildman–Crippen LogP) is 2.91. The fraction of sp³-hybridized carbons (Fsp3) is 0.429. The first-order valence-corrected chi connectivity index (χ1v) is 12.0. The second-order valence-corrected chi connectivity index (χ2v) is 10.3. The van der Waals surface area contributed by atoms with Crippen LogP contribution in [-0.2, 0) is 22.9 Å². The number of H-pyrrole nitrogens is 1. The van der Waals surface area contributed by atoms with E-state index in [-0.39, 0.29) is 19.0 Å². The molecule has 33 heavy (non-hydrogen) atoms. The summed E-state index contributed by atoms with van der Waals surface area (Å²) in [7, 11) is -3.84. The highest BCUT2D eigenvalue weighted by atomic mass is 32.2. The summed E-state index contributed by atoms with van der Waals surface area (Å²) >= 11 is 0. The predicted molar refractivity (Wildman–Crippen MR) is 117 cm³/mol. The third-order valence-electron chi connectivity index (χ3n) is 6.61. The van der Waals surface area contributed by atoms with Crippen LogP contribution in [-0.4, -0.2) is 52.8 Å². The number of aromatic amines is 1. The zero-order valence-corrected chi connectivity index (χ0v) is 18.6. The lowest BCUT2D eigenvalue weighted by molar-refractivity contribution is -0.137. The minimum absolute atomic E-state index is 0.0823. The standard InChI is InChI=1S/C21H23F3N6O2S/c1-14-10-20(14)12-29(19-17-6-7-25-18(17)26-13-27-19)8-9-30(20)33(31,32)28-11-15-2-4-16(5-3-15)21(22,23)24/h2-7,13-14,28H,8-12H2,1H3,(H,25,26,27). The van der Waals surface area contributed by atoms with Crippen LogP contribution in [0.1, 0.15) is 24.5 Å². The lowest BCUT2D eigenvalue weighted by atomic mass is 10.1. The summed E-state index contributed by atoms with van der Waals surface area (Å²) in [5.41, 5.74) is -0.125. The van der Waals surface area contributed by atoms with Gasteiger partial charge in [-0.05, 0) is 36.1 Å². The Balaban J connectivity index is 1.32. The third kappa shape index (κ3) is 3.96. The van der Waals surface area contributed by atoms with Crippen molar-refractivity contribution < 1.29 is 21.6 Å². The van der Waals surface area contributed by atoms with Crippen molar-refractivity contribution in [3.8, 4) is 0 Å². The van der Waals surface area contributed by atoms with Gasteiger partial charge in [0.2, 0.25) is 0 Å². The van der Waals surface area contributed by atoms with Crippen LogP contribution in [0.15, 0.2) is 42.9 Å². The van der Waals surface area contributed by atoms with Crippen molar-refractivity contribution in [3.63, 3.8) is 0 Å². The third-order valence-corrected chi connectivity index (χ3v) is 8.25. The minimum Gasteiger partial charge on any atom is -0.353 e. The molecule has 1 aliphatic heterocycles. The molecule has 8 nitrogen and oxygen atoms in total. The van der Waals surface area contributed by atoms with Gasteiger partial charge in [0.1, 0.15) is 17.8 Å². The van der Waals surface area contributed by atoms with Gasteiger partial charge in [0.15, 0.2) is 0 Å². The van der Waals surface area contributed by atoms with Gasteiger partial charge in [-0.15, -0.1) is 0 Å².